The van der Waals surface area contributed by atoms with E-state index >= 15 is 0 Å². The molecule has 19 heavy (non-hydrogen) atoms. The highest BCUT2D eigenvalue weighted by Crippen LogP contribution is 2.41. The van der Waals surface area contributed by atoms with Crippen LogP contribution in [0.5, 0.6) is 0 Å². The summed E-state index contributed by atoms with van der Waals surface area (Å²) in [4.78, 5) is 14.5. The lowest BCUT2D eigenvalue weighted by molar-refractivity contribution is -0.140. The van der Waals surface area contributed by atoms with Crippen LogP contribution in [0.2, 0.25) is 0 Å². The Morgan fingerprint density at radius 3 is 2.84 bits per heavy atom. The fourth-order valence-corrected chi connectivity index (χ4v) is 4.20. The summed E-state index contributed by atoms with van der Waals surface area (Å²) in [5.74, 6) is 0.500. The molecule has 1 saturated carbocycles. The van der Waals surface area contributed by atoms with Crippen molar-refractivity contribution in [3.05, 3.63) is 20.8 Å². The zero-order valence-corrected chi connectivity index (χ0v) is 14.3. The molecule has 1 aromatic heterocycles. The third-order valence-electron chi connectivity index (χ3n) is 4.22. The fourth-order valence-electron chi connectivity index (χ4n) is 3.00. The van der Waals surface area contributed by atoms with Gasteiger partial charge in [-0.05, 0) is 51.2 Å². The Labute approximate surface area is 128 Å². The zero-order valence-electron chi connectivity index (χ0n) is 11.9. The van der Waals surface area contributed by atoms with E-state index in [0.29, 0.717) is 12.5 Å². The third kappa shape index (κ3) is 3.60. The van der Waals surface area contributed by atoms with Gasteiger partial charge < -0.3 is 4.90 Å². The second kappa shape index (κ2) is 5.96. The van der Waals surface area contributed by atoms with Crippen molar-refractivity contribution in [2.45, 2.75) is 46.1 Å². The van der Waals surface area contributed by atoms with Gasteiger partial charge in [-0.15, -0.1) is 11.3 Å². The van der Waals surface area contributed by atoms with E-state index in [9.17, 15) is 4.79 Å². The van der Waals surface area contributed by atoms with Gasteiger partial charge in [-0.2, -0.15) is 0 Å². The molecule has 1 heterocycles. The molecule has 1 amide bonds. The largest absolute Gasteiger partial charge is 0.341 e. The molecular weight excluding hydrogens is 322 g/mol. The first-order valence-electron chi connectivity index (χ1n) is 6.88. The summed E-state index contributed by atoms with van der Waals surface area (Å²) in [6, 6.07) is 2.10. The first kappa shape index (κ1) is 15.0. The summed E-state index contributed by atoms with van der Waals surface area (Å²) < 4.78 is 1.13. The van der Waals surface area contributed by atoms with E-state index in [1.54, 1.807) is 11.3 Å². The normalized spacial score (nSPS) is 22.2. The topological polar surface area (TPSA) is 20.3 Å². The van der Waals surface area contributed by atoms with Crippen molar-refractivity contribution in [2.75, 3.05) is 7.05 Å². The molecule has 1 aliphatic carbocycles. The van der Waals surface area contributed by atoms with E-state index in [0.717, 1.165) is 10.2 Å². The second-order valence-corrected chi connectivity index (χ2v) is 8.53. The van der Waals surface area contributed by atoms with Crippen molar-refractivity contribution in [3.63, 3.8) is 0 Å². The van der Waals surface area contributed by atoms with Crippen LogP contribution in [0, 0.1) is 11.3 Å². The van der Waals surface area contributed by atoms with E-state index < -0.39 is 0 Å². The minimum atomic E-state index is 0.152. The molecule has 0 bridgehead atoms. The monoisotopic (exact) mass is 343 g/mol. The Bertz CT molecular complexity index is 455. The Kier molecular flexibility index (Phi) is 4.72. The SMILES string of the molecule is CN(Cc1csc(Br)c1)C(=O)C1CCCCC1(C)C. The lowest BCUT2D eigenvalue weighted by atomic mass is 9.68. The molecule has 2 rings (SSSR count). The summed E-state index contributed by atoms with van der Waals surface area (Å²) in [6.45, 7) is 5.20. The van der Waals surface area contributed by atoms with Gasteiger partial charge in [0, 0.05) is 19.5 Å². The quantitative estimate of drug-likeness (QED) is 0.779. The Balaban J connectivity index is 2.02. The van der Waals surface area contributed by atoms with Crippen molar-refractivity contribution in [2.24, 2.45) is 11.3 Å². The molecule has 0 saturated heterocycles. The molecule has 0 aromatic carbocycles. The Morgan fingerprint density at radius 2 is 2.26 bits per heavy atom. The van der Waals surface area contributed by atoms with Crippen LogP contribution in [0.1, 0.15) is 45.1 Å². The van der Waals surface area contributed by atoms with Crippen LogP contribution in [-0.4, -0.2) is 17.9 Å². The Hall–Kier alpha value is -0.350. The molecule has 0 radical (unpaired) electrons. The van der Waals surface area contributed by atoms with Crippen molar-refractivity contribution < 1.29 is 4.79 Å². The van der Waals surface area contributed by atoms with Crippen LogP contribution in [0.4, 0.5) is 0 Å². The van der Waals surface area contributed by atoms with Crippen molar-refractivity contribution in [1.29, 1.82) is 0 Å². The standard InChI is InChI=1S/C15H22BrNOS/c1-15(2)7-5-4-6-12(15)14(18)17(3)9-11-8-13(16)19-10-11/h8,10,12H,4-7,9H2,1-3H3. The van der Waals surface area contributed by atoms with Gasteiger partial charge in [0.25, 0.3) is 0 Å². The van der Waals surface area contributed by atoms with Crippen LogP contribution in [-0.2, 0) is 11.3 Å². The molecule has 106 valence electrons. The van der Waals surface area contributed by atoms with Crippen molar-refractivity contribution in [1.82, 2.24) is 4.90 Å². The first-order chi connectivity index (χ1) is 8.90. The van der Waals surface area contributed by atoms with Gasteiger partial charge in [-0.1, -0.05) is 26.7 Å². The lowest BCUT2D eigenvalue weighted by Crippen LogP contribution is -2.41. The Morgan fingerprint density at radius 1 is 1.53 bits per heavy atom. The van der Waals surface area contributed by atoms with Crippen LogP contribution in [0.3, 0.4) is 0 Å². The number of carbonyl (C=O) groups excluding carboxylic acids is 1. The molecule has 2 nitrogen and oxygen atoms in total. The van der Waals surface area contributed by atoms with Gasteiger partial charge in [0.15, 0.2) is 0 Å². The van der Waals surface area contributed by atoms with E-state index in [4.69, 9.17) is 0 Å². The fraction of sp³-hybridized carbons (Fsp3) is 0.667. The molecular formula is C15H22BrNOS. The van der Waals surface area contributed by atoms with Crippen LogP contribution < -0.4 is 0 Å². The number of rotatable bonds is 3. The van der Waals surface area contributed by atoms with Crippen LogP contribution in [0.25, 0.3) is 0 Å². The van der Waals surface area contributed by atoms with Gasteiger partial charge in [0.05, 0.1) is 3.79 Å². The minimum absolute atomic E-state index is 0.152. The number of hydrogen-bond acceptors (Lipinski definition) is 2. The molecule has 1 unspecified atom stereocenters. The molecule has 0 spiro atoms. The molecule has 1 aromatic rings. The van der Waals surface area contributed by atoms with Gasteiger partial charge in [0.1, 0.15) is 0 Å². The predicted octanol–water partition coefficient (Wildman–Crippen LogP) is 4.69. The third-order valence-corrected chi connectivity index (χ3v) is 5.78. The van der Waals surface area contributed by atoms with Gasteiger partial charge in [0.2, 0.25) is 5.91 Å². The van der Waals surface area contributed by atoms with Crippen LogP contribution >= 0.6 is 27.3 Å². The summed E-state index contributed by atoms with van der Waals surface area (Å²) in [5.41, 5.74) is 1.36. The van der Waals surface area contributed by atoms with E-state index in [2.05, 4.69) is 41.2 Å². The number of nitrogens with zero attached hydrogens (tertiary/aromatic N) is 1. The van der Waals surface area contributed by atoms with Gasteiger partial charge >= 0.3 is 0 Å². The minimum Gasteiger partial charge on any atom is -0.341 e. The lowest BCUT2D eigenvalue weighted by Gasteiger charge is -2.39. The summed E-state index contributed by atoms with van der Waals surface area (Å²) in [6.07, 6.45) is 4.67. The number of halogens is 1. The number of amides is 1. The number of thiophene rings is 1. The first-order valence-corrected chi connectivity index (χ1v) is 8.55. The molecule has 1 aliphatic rings. The maximum Gasteiger partial charge on any atom is 0.226 e. The summed E-state index contributed by atoms with van der Waals surface area (Å²) >= 11 is 5.14. The molecule has 0 N–H and O–H groups in total. The maximum atomic E-state index is 12.6. The second-order valence-electron chi connectivity index (χ2n) is 6.24. The van der Waals surface area contributed by atoms with E-state index in [1.165, 1.54) is 24.8 Å². The van der Waals surface area contributed by atoms with Crippen molar-refractivity contribution >= 4 is 33.2 Å². The van der Waals surface area contributed by atoms with Gasteiger partial charge in [-0.25, -0.2) is 0 Å². The summed E-state index contributed by atoms with van der Waals surface area (Å²) in [5, 5.41) is 2.11. The zero-order chi connectivity index (χ0) is 14.0. The average Bonchev–Trinajstić information content (AvgIpc) is 2.73. The number of carbonyl (C=O) groups is 1. The maximum absolute atomic E-state index is 12.6. The molecule has 4 heteroatoms. The number of hydrogen-bond donors (Lipinski definition) is 0. The summed E-state index contributed by atoms with van der Waals surface area (Å²) in [7, 11) is 1.93. The van der Waals surface area contributed by atoms with E-state index in [-0.39, 0.29) is 11.3 Å². The highest BCUT2D eigenvalue weighted by molar-refractivity contribution is 9.11. The highest BCUT2D eigenvalue weighted by Gasteiger charge is 2.38. The average molecular weight is 344 g/mol. The predicted molar refractivity (Wildman–Crippen MR) is 84.2 cm³/mol. The molecule has 1 atom stereocenters. The molecule has 0 aliphatic heterocycles. The molecule has 1 fully saturated rings. The van der Waals surface area contributed by atoms with Crippen molar-refractivity contribution in [3.8, 4) is 0 Å². The van der Waals surface area contributed by atoms with Crippen LogP contribution in [0.15, 0.2) is 15.2 Å². The smallest absolute Gasteiger partial charge is 0.226 e. The van der Waals surface area contributed by atoms with E-state index in [1.807, 2.05) is 11.9 Å². The van der Waals surface area contributed by atoms with Gasteiger partial charge in [-0.3, -0.25) is 4.79 Å². The highest BCUT2D eigenvalue weighted by atomic mass is 79.9.